The number of carbonyl (C=O) groups is 1. The molecule has 0 amide bonds. The largest absolute Gasteiger partial charge is 0.450 e. The fraction of sp³-hybridized carbons (Fsp3) is 0.700. The maximum atomic E-state index is 11.0. The van der Waals surface area contributed by atoms with Crippen molar-refractivity contribution in [2.45, 2.75) is 6.10 Å². The molecule has 1 heterocycles. The first kappa shape index (κ1) is 14.9. The number of hydrogen-bond donors (Lipinski definition) is 1. The lowest BCUT2D eigenvalue weighted by atomic mass is 10.3. The zero-order valence-corrected chi connectivity index (χ0v) is 10.6. The summed E-state index contributed by atoms with van der Waals surface area (Å²) >= 11 is 0. The number of ether oxygens (including phenoxy) is 2. The van der Waals surface area contributed by atoms with Gasteiger partial charge in [0.05, 0.1) is 13.2 Å². The molecule has 0 aromatic heterocycles. The van der Waals surface area contributed by atoms with Crippen LogP contribution in [0.5, 0.6) is 0 Å². The van der Waals surface area contributed by atoms with Crippen LogP contribution in [0.1, 0.15) is 0 Å². The van der Waals surface area contributed by atoms with Gasteiger partial charge in [0.25, 0.3) is 10.1 Å². The average Bonchev–Trinajstić information content (AvgIpc) is 2.27. The van der Waals surface area contributed by atoms with E-state index in [4.69, 9.17) is 20.4 Å². The standard InChI is InChI=1S/C10H15NO6S/c1-2-10(12)17-9(8-18(13,14)15)7-11-3-5-16-6-4-11/h1,9H,3-8H2,(H,13,14,15). The summed E-state index contributed by atoms with van der Waals surface area (Å²) in [6.45, 7) is 2.46. The molecule has 1 atom stereocenters. The van der Waals surface area contributed by atoms with Crippen LogP contribution in [0, 0.1) is 12.3 Å². The summed E-state index contributed by atoms with van der Waals surface area (Å²) in [5.41, 5.74) is 0. The van der Waals surface area contributed by atoms with Gasteiger partial charge in [0.2, 0.25) is 0 Å². The van der Waals surface area contributed by atoms with Crippen LogP contribution in [-0.4, -0.2) is 68.5 Å². The Kier molecular flexibility index (Phi) is 5.55. The fourth-order valence-corrected chi connectivity index (χ4v) is 2.26. The maximum Gasteiger partial charge on any atom is 0.384 e. The minimum atomic E-state index is -4.23. The van der Waals surface area contributed by atoms with Crippen molar-refractivity contribution in [3.05, 3.63) is 0 Å². The van der Waals surface area contributed by atoms with Crippen LogP contribution < -0.4 is 0 Å². The molecule has 1 fully saturated rings. The van der Waals surface area contributed by atoms with Crippen LogP contribution in [0.4, 0.5) is 0 Å². The van der Waals surface area contributed by atoms with Gasteiger partial charge < -0.3 is 9.47 Å². The molecular formula is C10H15NO6S. The molecule has 1 saturated heterocycles. The first-order valence-electron chi connectivity index (χ1n) is 5.33. The third-order valence-electron chi connectivity index (χ3n) is 2.35. The fourth-order valence-electron chi connectivity index (χ4n) is 1.62. The third-order valence-corrected chi connectivity index (χ3v) is 3.15. The molecule has 0 aromatic rings. The van der Waals surface area contributed by atoms with Crippen LogP contribution in [0.15, 0.2) is 0 Å². The minimum Gasteiger partial charge on any atom is -0.450 e. The van der Waals surface area contributed by atoms with Gasteiger partial charge in [-0.15, -0.1) is 6.42 Å². The molecule has 1 aliphatic rings. The second-order valence-electron chi connectivity index (χ2n) is 3.83. The lowest BCUT2D eigenvalue weighted by molar-refractivity contribution is -0.142. The first-order valence-corrected chi connectivity index (χ1v) is 6.94. The molecule has 1 unspecified atom stereocenters. The Morgan fingerprint density at radius 3 is 2.61 bits per heavy atom. The van der Waals surface area contributed by atoms with Crippen LogP contribution in [0.2, 0.25) is 0 Å². The minimum absolute atomic E-state index is 0.191. The molecule has 8 heteroatoms. The molecule has 7 nitrogen and oxygen atoms in total. The van der Waals surface area contributed by atoms with Gasteiger partial charge in [0.15, 0.2) is 0 Å². The number of esters is 1. The first-order chi connectivity index (χ1) is 8.40. The Morgan fingerprint density at radius 2 is 2.11 bits per heavy atom. The van der Waals surface area contributed by atoms with E-state index in [1.54, 1.807) is 5.92 Å². The quantitative estimate of drug-likeness (QED) is 0.290. The highest BCUT2D eigenvalue weighted by atomic mass is 32.2. The predicted molar refractivity (Wildman–Crippen MR) is 62.4 cm³/mol. The van der Waals surface area contributed by atoms with Gasteiger partial charge in [0, 0.05) is 25.6 Å². The van der Waals surface area contributed by atoms with E-state index < -0.39 is 27.9 Å². The topological polar surface area (TPSA) is 93.1 Å². The summed E-state index contributed by atoms with van der Waals surface area (Å²) in [6.07, 6.45) is 3.86. The molecule has 0 radical (unpaired) electrons. The third kappa shape index (κ3) is 5.97. The zero-order chi connectivity index (χ0) is 13.6. The Morgan fingerprint density at radius 1 is 1.50 bits per heavy atom. The molecule has 102 valence electrons. The molecular weight excluding hydrogens is 262 g/mol. The Balaban J connectivity index is 2.58. The van der Waals surface area contributed by atoms with Gasteiger partial charge >= 0.3 is 5.97 Å². The summed E-state index contributed by atoms with van der Waals surface area (Å²) in [4.78, 5) is 12.8. The summed E-state index contributed by atoms with van der Waals surface area (Å²) in [5.74, 6) is 0.121. The number of hydrogen-bond acceptors (Lipinski definition) is 6. The van der Waals surface area contributed by atoms with Gasteiger partial charge in [0.1, 0.15) is 11.9 Å². The number of rotatable bonds is 5. The van der Waals surface area contributed by atoms with Crippen LogP contribution in [0.3, 0.4) is 0 Å². The van der Waals surface area contributed by atoms with Crippen molar-refractivity contribution in [1.82, 2.24) is 4.90 Å². The van der Waals surface area contributed by atoms with Crippen molar-refractivity contribution in [2.75, 3.05) is 38.6 Å². The highest BCUT2D eigenvalue weighted by Crippen LogP contribution is 2.04. The van der Waals surface area contributed by atoms with E-state index in [-0.39, 0.29) is 6.54 Å². The van der Waals surface area contributed by atoms with Crippen molar-refractivity contribution in [1.29, 1.82) is 0 Å². The molecule has 1 N–H and O–H groups in total. The van der Waals surface area contributed by atoms with E-state index in [9.17, 15) is 13.2 Å². The zero-order valence-electron chi connectivity index (χ0n) is 9.74. The summed E-state index contributed by atoms with van der Waals surface area (Å²) in [6, 6.07) is 0. The van der Waals surface area contributed by atoms with Gasteiger partial charge in [-0.2, -0.15) is 8.42 Å². The number of carbonyl (C=O) groups excluding carboxylic acids is 1. The monoisotopic (exact) mass is 277 g/mol. The van der Waals surface area contributed by atoms with Crippen molar-refractivity contribution in [3.8, 4) is 12.3 Å². The van der Waals surface area contributed by atoms with Gasteiger partial charge in [-0.05, 0) is 0 Å². The Bertz CT molecular complexity index is 420. The summed E-state index contributed by atoms with van der Waals surface area (Å²) < 4.78 is 40.4. The molecule has 18 heavy (non-hydrogen) atoms. The SMILES string of the molecule is C#CC(=O)OC(CN1CCOCC1)CS(=O)(=O)O. The van der Waals surface area contributed by atoms with Crippen LogP contribution >= 0.6 is 0 Å². The molecule has 0 saturated carbocycles. The maximum absolute atomic E-state index is 11.0. The van der Waals surface area contributed by atoms with Crippen molar-refractivity contribution >= 4 is 16.1 Å². The van der Waals surface area contributed by atoms with E-state index in [0.29, 0.717) is 26.3 Å². The predicted octanol–water partition coefficient (Wildman–Crippen LogP) is -1.25. The molecule has 1 aliphatic heterocycles. The Labute approximate surface area is 106 Å². The number of morpholine rings is 1. The van der Waals surface area contributed by atoms with Crippen LogP contribution in [-0.2, 0) is 24.4 Å². The lowest BCUT2D eigenvalue weighted by Gasteiger charge is -2.29. The van der Waals surface area contributed by atoms with E-state index in [1.165, 1.54) is 0 Å². The summed E-state index contributed by atoms with van der Waals surface area (Å²) in [7, 11) is -4.23. The average molecular weight is 277 g/mol. The van der Waals surface area contributed by atoms with Crippen molar-refractivity contribution in [2.24, 2.45) is 0 Å². The highest BCUT2D eigenvalue weighted by Gasteiger charge is 2.24. The smallest absolute Gasteiger partial charge is 0.384 e. The highest BCUT2D eigenvalue weighted by molar-refractivity contribution is 7.85. The molecule has 0 aromatic carbocycles. The molecule has 0 bridgehead atoms. The van der Waals surface area contributed by atoms with Crippen molar-refractivity contribution < 1.29 is 27.2 Å². The van der Waals surface area contributed by atoms with Crippen LogP contribution in [0.25, 0.3) is 0 Å². The molecule has 0 aliphatic carbocycles. The normalized spacial score (nSPS) is 18.9. The Hall–Kier alpha value is -1.14. The van der Waals surface area contributed by atoms with Crippen molar-refractivity contribution in [3.63, 3.8) is 0 Å². The van der Waals surface area contributed by atoms with E-state index >= 15 is 0 Å². The molecule has 0 spiro atoms. The van der Waals surface area contributed by atoms with E-state index in [0.717, 1.165) is 0 Å². The van der Waals surface area contributed by atoms with E-state index in [1.807, 2.05) is 4.90 Å². The second-order valence-corrected chi connectivity index (χ2v) is 5.33. The van der Waals surface area contributed by atoms with Gasteiger partial charge in [-0.25, -0.2) is 4.79 Å². The van der Waals surface area contributed by atoms with Gasteiger partial charge in [-0.3, -0.25) is 9.45 Å². The molecule has 1 rings (SSSR count). The lowest BCUT2D eigenvalue weighted by Crippen LogP contribution is -2.44. The number of terminal acetylenes is 1. The number of nitrogens with zero attached hydrogens (tertiary/aromatic N) is 1. The summed E-state index contributed by atoms with van der Waals surface area (Å²) in [5, 5.41) is 0. The second kappa shape index (κ2) is 6.70. The van der Waals surface area contributed by atoms with Gasteiger partial charge in [-0.1, -0.05) is 0 Å². The van der Waals surface area contributed by atoms with E-state index in [2.05, 4.69) is 0 Å².